The number of amides is 2. The van der Waals surface area contributed by atoms with E-state index in [-0.39, 0.29) is 41.3 Å². The first-order valence-electron chi connectivity index (χ1n) is 11.9. The Balaban J connectivity index is 1.26. The lowest BCUT2D eigenvalue weighted by molar-refractivity contribution is -0.140. The van der Waals surface area contributed by atoms with E-state index in [1.54, 1.807) is 0 Å². The SMILES string of the molecule is CC1CNC(C(=O)NC23CCC(NC(=O)COC4CCC(Cl)C(Cl)C4)(CC2)[C@@H](O)C3)CN1. The van der Waals surface area contributed by atoms with Crippen LogP contribution in [-0.2, 0) is 14.3 Å². The van der Waals surface area contributed by atoms with E-state index in [1.165, 1.54) is 0 Å². The van der Waals surface area contributed by atoms with Crippen LogP contribution in [0.3, 0.4) is 0 Å². The molecule has 0 aromatic carbocycles. The van der Waals surface area contributed by atoms with Crippen molar-refractivity contribution in [3.05, 3.63) is 0 Å². The number of carbonyl (C=O) groups excluding carboxylic acids is 2. The Labute approximate surface area is 199 Å². The first-order valence-corrected chi connectivity index (χ1v) is 12.8. The quantitative estimate of drug-likeness (QED) is 0.351. The summed E-state index contributed by atoms with van der Waals surface area (Å²) in [5.41, 5.74) is -1.05. The normalized spacial score (nSPS) is 44.1. The maximum absolute atomic E-state index is 12.8. The third-order valence-electron chi connectivity index (χ3n) is 7.85. The molecule has 8 nitrogen and oxygen atoms in total. The van der Waals surface area contributed by atoms with Crippen LogP contribution in [0.25, 0.3) is 0 Å². The number of aliphatic hydroxyl groups excluding tert-OH is 1. The van der Waals surface area contributed by atoms with Gasteiger partial charge in [0.15, 0.2) is 0 Å². The highest BCUT2D eigenvalue weighted by atomic mass is 35.5. The number of rotatable bonds is 6. The zero-order valence-corrected chi connectivity index (χ0v) is 20.2. The van der Waals surface area contributed by atoms with Crippen LogP contribution < -0.4 is 21.3 Å². The van der Waals surface area contributed by atoms with Crippen molar-refractivity contribution in [3.63, 3.8) is 0 Å². The summed E-state index contributed by atoms with van der Waals surface area (Å²) in [6.45, 7) is 3.39. The van der Waals surface area contributed by atoms with E-state index in [0.29, 0.717) is 38.3 Å². The van der Waals surface area contributed by atoms with Gasteiger partial charge in [-0.2, -0.15) is 0 Å². The molecule has 1 heterocycles. The van der Waals surface area contributed by atoms with E-state index < -0.39 is 17.2 Å². The van der Waals surface area contributed by atoms with Gasteiger partial charge in [-0.1, -0.05) is 0 Å². The number of alkyl halides is 2. The van der Waals surface area contributed by atoms with Crippen molar-refractivity contribution in [3.8, 4) is 0 Å². The van der Waals surface area contributed by atoms with Gasteiger partial charge in [0.1, 0.15) is 6.61 Å². The standard InChI is InChI=1S/C22H36Cl2N4O4/c1-13-10-26-17(11-25-13)20(31)28-21-4-6-22(7-5-21,18(29)9-21)27-19(30)12-32-14-2-3-15(23)16(24)8-14/h13-18,25-26,29H,2-12H2,1H3,(H,27,30)(H,28,31)/t13?,14?,15?,16?,17?,18-,21?,22?/m0/s1. The smallest absolute Gasteiger partial charge is 0.246 e. The molecule has 4 saturated carbocycles. The number of aliphatic hydroxyl groups is 1. The summed E-state index contributed by atoms with van der Waals surface area (Å²) in [6.07, 6.45) is 4.64. The minimum atomic E-state index is -0.703. The predicted molar refractivity (Wildman–Crippen MR) is 123 cm³/mol. The zero-order chi connectivity index (χ0) is 22.9. The van der Waals surface area contributed by atoms with Gasteiger partial charge < -0.3 is 31.1 Å². The van der Waals surface area contributed by atoms with Crippen molar-refractivity contribution in [1.82, 2.24) is 21.3 Å². The molecule has 32 heavy (non-hydrogen) atoms. The molecule has 2 amide bonds. The molecule has 1 saturated heterocycles. The van der Waals surface area contributed by atoms with Gasteiger partial charge in [0.2, 0.25) is 11.8 Å². The minimum Gasteiger partial charge on any atom is -0.391 e. The second kappa shape index (κ2) is 9.92. The van der Waals surface area contributed by atoms with Crippen LogP contribution in [0.1, 0.15) is 58.3 Å². The minimum absolute atomic E-state index is 0.0206. The Kier molecular flexibility index (Phi) is 7.59. The third kappa shape index (κ3) is 5.36. The molecule has 1 aliphatic heterocycles. The summed E-state index contributed by atoms with van der Waals surface area (Å²) >= 11 is 12.4. The summed E-state index contributed by atoms with van der Waals surface area (Å²) in [4.78, 5) is 25.4. The molecule has 5 rings (SSSR count). The van der Waals surface area contributed by atoms with E-state index in [0.717, 1.165) is 32.2 Å². The molecule has 5 N–H and O–H groups in total. The molecule has 0 aromatic heterocycles. The van der Waals surface area contributed by atoms with Gasteiger partial charge in [0, 0.05) is 24.7 Å². The molecular formula is C22H36Cl2N4O4. The molecule has 0 aromatic rings. The number of halogens is 2. The summed E-state index contributed by atoms with van der Waals surface area (Å²) < 4.78 is 5.78. The highest BCUT2D eigenvalue weighted by Crippen LogP contribution is 2.47. The average Bonchev–Trinajstić information content (AvgIpc) is 2.76. The Morgan fingerprint density at radius 3 is 2.44 bits per heavy atom. The van der Waals surface area contributed by atoms with Gasteiger partial charge in [0.25, 0.3) is 0 Å². The van der Waals surface area contributed by atoms with Gasteiger partial charge >= 0.3 is 0 Å². The maximum atomic E-state index is 12.8. The van der Waals surface area contributed by atoms with E-state index in [1.807, 2.05) is 0 Å². The summed E-state index contributed by atoms with van der Waals surface area (Å²) in [5, 5.41) is 23.6. The Morgan fingerprint density at radius 1 is 1.06 bits per heavy atom. The highest BCUT2D eigenvalue weighted by Gasteiger charge is 2.55. The largest absolute Gasteiger partial charge is 0.391 e. The Bertz CT molecular complexity index is 695. The second-order valence-electron chi connectivity index (χ2n) is 10.2. The Hall–Kier alpha value is -0.640. The zero-order valence-electron chi connectivity index (χ0n) is 18.7. The van der Waals surface area contributed by atoms with E-state index in [9.17, 15) is 14.7 Å². The fraction of sp³-hybridized carbons (Fsp3) is 0.909. The number of hydrogen-bond donors (Lipinski definition) is 5. The van der Waals surface area contributed by atoms with Gasteiger partial charge in [-0.25, -0.2) is 0 Å². The maximum Gasteiger partial charge on any atom is 0.246 e. The fourth-order valence-electron chi connectivity index (χ4n) is 5.68. The van der Waals surface area contributed by atoms with Gasteiger partial charge in [-0.3, -0.25) is 9.59 Å². The van der Waals surface area contributed by atoms with Crippen LogP contribution in [0.5, 0.6) is 0 Å². The van der Waals surface area contributed by atoms with Crippen molar-refractivity contribution < 1.29 is 19.4 Å². The van der Waals surface area contributed by atoms with Gasteiger partial charge in [-0.05, 0) is 58.3 Å². The third-order valence-corrected chi connectivity index (χ3v) is 8.98. The monoisotopic (exact) mass is 490 g/mol. The highest BCUT2D eigenvalue weighted by molar-refractivity contribution is 6.30. The van der Waals surface area contributed by atoms with Crippen LogP contribution in [0.2, 0.25) is 0 Å². The van der Waals surface area contributed by atoms with E-state index in [2.05, 4.69) is 28.2 Å². The summed E-state index contributed by atoms with van der Waals surface area (Å²) in [5.74, 6) is -0.235. The molecule has 0 radical (unpaired) electrons. The van der Waals surface area contributed by atoms with Crippen molar-refractivity contribution in [2.24, 2.45) is 0 Å². The summed E-state index contributed by atoms with van der Waals surface area (Å²) in [6, 6.07) is 0.0907. The van der Waals surface area contributed by atoms with Crippen LogP contribution in [0.4, 0.5) is 0 Å². The van der Waals surface area contributed by atoms with Crippen LogP contribution in [0, 0.1) is 0 Å². The lowest BCUT2D eigenvalue weighted by Crippen LogP contribution is -2.71. The second-order valence-corrected chi connectivity index (χ2v) is 11.4. The van der Waals surface area contributed by atoms with Crippen molar-refractivity contribution in [2.45, 2.75) is 104 Å². The van der Waals surface area contributed by atoms with E-state index >= 15 is 0 Å². The fourth-order valence-corrected chi connectivity index (χ4v) is 6.23. The number of carbonyl (C=O) groups is 2. The molecule has 4 aliphatic carbocycles. The lowest BCUT2D eigenvalue weighted by Gasteiger charge is -2.56. The summed E-state index contributed by atoms with van der Waals surface area (Å²) in [7, 11) is 0. The molecule has 5 unspecified atom stereocenters. The van der Waals surface area contributed by atoms with Gasteiger partial charge in [-0.15, -0.1) is 23.2 Å². The molecule has 0 spiro atoms. The van der Waals surface area contributed by atoms with Crippen LogP contribution in [0.15, 0.2) is 0 Å². The van der Waals surface area contributed by atoms with Crippen molar-refractivity contribution in [1.29, 1.82) is 0 Å². The molecule has 182 valence electrons. The Morgan fingerprint density at radius 2 is 1.81 bits per heavy atom. The molecule has 6 atom stereocenters. The molecule has 5 aliphatic rings. The number of nitrogens with one attached hydrogen (secondary N) is 4. The molecule has 2 bridgehead atoms. The first-order chi connectivity index (χ1) is 15.2. The number of piperazine rings is 1. The topological polar surface area (TPSA) is 112 Å². The average molecular weight is 491 g/mol. The number of hydrogen-bond acceptors (Lipinski definition) is 6. The van der Waals surface area contributed by atoms with Crippen molar-refractivity contribution in [2.75, 3.05) is 19.7 Å². The molecule has 5 fully saturated rings. The lowest BCUT2D eigenvalue weighted by atomic mass is 9.59. The number of ether oxygens (including phenoxy) is 1. The first kappa shape index (κ1) is 24.5. The predicted octanol–water partition coefficient (Wildman–Crippen LogP) is 0.769. The molecule has 10 heteroatoms. The molecular weight excluding hydrogens is 455 g/mol. The van der Waals surface area contributed by atoms with Crippen molar-refractivity contribution >= 4 is 35.0 Å². The van der Waals surface area contributed by atoms with Crippen LogP contribution >= 0.6 is 23.2 Å². The van der Waals surface area contributed by atoms with Crippen LogP contribution in [-0.4, -0.2) is 82.7 Å². The van der Waals surface area contributed by atoms with Gasteiger partial charge in [0.05, 0.1) is 34.5 Å². The van der Waals surface area contributed by atoms with E-state index in [4.69, 9.17) is 27.9 Å². The number of fused-ring (bicyclic) bond motifs is 3.